The number of nitrogens with one attached hydrogen (secondary N) is 1. The average molecular weight is 342 g/mol. The molecule has 0 aromatic heterocycles. The lowest BCUT2D eigenvalue weighted by Gasteiger charge is -2.16. The van der Waals surface area contributed by atoms with Gasteiger partial charge in [0, 0.05) is 12.2 Å². The van der Waals surface area contributed by atoms with Crippen molar-refractivity contribution in [3.8, 4) is 5.75 Å². The Morgan fingerprint density at radius 2 is 1.88 bits per heavy atom. The van der Waals surface area contributed by atoms with E-state index in [0.29, 0.717) is 17.7 Å². The van der Waals surface area contributed by atoms with E-state index in [4.69, 9.17) is 4.74 Å². The highest BCUT2D eigenvalue weighted by Crippen LogP contribution is 2.21. The number of amides is 2. The largest absolute Gasteiger partial charge is 0.497 e. The third-order valence-corrected chi connectivity index (χ3v) is 4.24. The number of halogens is 1. The van der Waals surface area contributed by atoms with Crippen LogP contribution in [-0.4, -0.2) is 36.4 Å². The summed E-state index contributed by atoms with van der Waals surface area (Å²) >= 11 is 0. The smallest absolute Gasteiger partial charge is 0.252 e. The Morgan fingerprint density at radius 1 is 1.16 bits per heavy atom. The summed E-state index contributed by atoms with van der Waals surface area (Å²) < 4.78 is 18.8. The Morgan fingerprint density at radius 3 is 2.56 bits per heavy atom. The molecule has 1 atom stereocenters. The number of methoxy groups -OCH3 is 1. The van der Waals surface area contributed by atoms with Crippen molar-refractivity contribution >= 4 is 17.5 Å². The number of hydrogen-bond acceptors (Lipinski definition) is 4. The van der Waals surface area contributed by atoms with Crippen molar-refractivity contribution in [1.29, 1.82) is 0 Å². The molecule has 1 unspecified atom stereocenters. The van der Waals surface area contributed by atoms with Crippen LogP contribution in [0.15, 0.2) is 48.5 Å². The molecule has 5 nitrogen and oxygen atoms in total. The monoisotopic (exact) mass is 342 g/mol. The van der Waals surface area contributed by atoms with Gasteiger partial charge in [0.2, 0.25) is 5.91 Å². The molecule has 6 heteroatoms. The standard InChI is InChI=1S/C19H19FN2O3/c1-25-15-8-6-14(7-9-15)21-17-12-18(23)22(19(17)24)11-10-13-4-2-3-5-16(13)20/h2-9,17,21H,10-12H2,1H3. The summed E-state index contributed by atoms with van der Waals surface area (Å²) in [5.74, 6) is -0.134. The average Bonchev–Trinajstić information content (AvgIpc) is 2.88. The number of benzene rings is 2. The number of anilines is 1. The third-order valence-electron chi connectivity index (χ3n) is 4.24. The maximum atomic E-state index is 13.7. The second-order valence-electron chi connectivity index (χ2n) is 5.85. The van der Waals surface area contributed by atoms with Crippen LogP contribution in [0.4, 0.5) is 10.1 Å². The molecule has 0 aliphatic carbocycles. The van der Waals surface area contributed by atoms with Crippen molar-refractivity contribution in [2.45, 2.75) is 18.9 Å². The first-order valence-electron chi connectivity index (χ1n) is 8.06. The summed E-state index contributed by atoms with van der Waals surface area (Å²) in [6.45, 7) is 0.180. The van der Waals surface area contributed by atoms with Crippen LogP contribution in [-0.2, 0) is 16.0 Å². The lowest BCUT2D eigenvalue weighted by molar-refractivity contribution is -0.138. The van der Waals surface area contributed by atoms with Crippen LogP contribution >= 0.6 is 0 Å². The molecular weight excluding hydrogens is 323 g/mol. The molecule has 1 fully saturated rings. The van der Waals surface area contributed by atoms with E-state index in [0.717, 1.165) is 5.69 Å². The van der Waals surface area contributed by atoms with Gasteiger partial charge in [0.1, 0.15) is 17.6 Å². The molecule has 1 heterocycles. The van der Waals surface area contributed by atoms with Gasteiger partial charge in [-0.05, 0) is 42.3 Å². The van der Waals surface area contributed by atoms with E-state index < -0.39 is 6.04 Å². The van der Waals surface area contributed by atoms with Crippen LogP contribution in [0, 0.1) is 5.82 Å². The number of ether oxygens (including phenoxy) is 1. The van der Waals surface area contributed by atoms with Gasteiger partial charge in [0.05, 0.1) is 13.5 Å². The minimum atomic E-state index is -0.596. The molecule has 25 heavy (non-hydrogen) atoms. The number of rotatable bonds is 6. The molecule has 1 aliphatic rings. The second-order valence-corrected chi connectivity index (χ2v) is 5.85. The molecule has 2 aromatic carbocycles. The van der Waals surface area contributed by atoms with Crippen molar-refractivity contribution in [3.05, 3.63) is 59.9 Å². The molecule has 2 amide bonds. The van der Waals surface area contributed by atoms with Crippen LogP contribution in [0.2, 0.25) is 0 Å². The lowest BCUT2D eigenvalue weighted by Crippen LogP contribution is -2.36. The Balaban J connectivity index is 1.62. The number of nitrogens with zero attached hydrogens (tertiary/aromatic N) is 1. The summed E-state index contributed by atoms with van der Waals surface area (Å²) in [5, 5.41) is 3.07. The molecule has 0 spiro atoms. The van der Waals surface area contributed by atoms with E-state index in [9.17, 15) is 14.0 Å². The van der Waals surface area contributed by atoms with Gasteiger partial charge in [-0.15, -0.1) is 0 Å². The third kappa shape index (κ3) is 3.79. The van der Waals surface area contributed by atoms with Crippen molar-refractivity contribution in [3.63, 3.8) is 0 Å². The van der Waals surface area contributed by atoms with Gasteiger partial charge >= 0.3 is 0 Å². The Kier molecular flexibility index (Phi) is 4.97. The number of likely N-dealkylation sites (tertiary alicyclic amines) is 1. The Hall–Kier alpha value is -2.89. The molecule has 130 valence electrons. The zero-order chi connectivity index (χ0) is 17.8. The van der Waals surface area contributed by atoms with Gasteiger partial charge in [-0.2, -0.15) is 0 Å². The molecule has 1 aliphatic heterocycles. The summed E-state index contributed by atoms with van der Waals surface area (Å²) in [6.07, 6.45) is 0.404. The number of imide groups is 1. The maximum absolute atomic E-state index is 13.7. The van der Waals surface area contributed by atoms with Gasteiger partial charge in [-0.25, -0.2) is 4.39 Å². The van der Waals surface area contributed by atoms with E-state index in [1.165, 1.54) is 11.0 Å². The first kappa shape index (κ1) is 17.0. The number of hydrogen-bond donors (Lipinski definition) is 1. The molecule has 0 radical (unpaired) electrons. The summed E-state index contributed by atoms with van der Waals surface area (Å²) in [6, 6.07) is 12.9. The highest BCUT2D eigenvalue weighted by Gasteiger charge is 2.38. The van der Waals surface area contributed by atoms with Crippen LogP contribution < -0.4 is 10.1 Å². The zero-order valence-corrected chi connectivity index (χ0v) is 13.9. The SMILES string of the molecule is COc1ccc(NC2CC(=O)N(CCc3ccccc3F)C2=O)cc1. The molecular formula is C19H19FN2O3. The summed E-state index contributed by atoms with van der Waals surface area (Å²) in [7, 11) is 1.58. The summed E-state index contributed by atoms with van der Waals surface area (Å²) in [5.41, 5.74) is 1.23. The Bertz CT molecular complexity index is 776. The van der Waals surface area contributed by atoms with Crippen molar-refractivity contribution in [2.24, 2.45) is 0 Å². The van der Waals surface area contributed by atoms with Gasteiger partial charge in [-0.1, -0.05) is 18.2 Å². The number of carbonyl (C=O) groups is 2. The van der Waals surface area contributed by atoms with Crippen molar-refractivity contribution in [1.82, 2.24) is 4.90 Å². The van der Waals surface area contributed by atoms with E-state index in [2.05, 4.69) is 5.32 Å². The van der Waals surface area contributed by atoms with Gasteiger partial charge in [0.25, 0.3) is 5.91 Å². The molecule has 1 saturated heterocycles. The van der Waals surface area contributed by atoms with Crippen LogP contribution in [0.25, 0.3) is 0 Å². The van der Waals surface area contributed by atoms with Gasteiger partial charge in [-0.3, -0.25) is 14.5 Å². The maximum Gasteiger partial charge on any atom is 0.252 e. The molecule has 2 aromatic rings. The first-order chi connectivity index (χ1) is 12.1. The molecule has 0 bridgehead atoms. The number of carbonyl (C=O) groups excluding carboxylic acids is 2. The topological polar surface area (TPSA) is 58.6 Å². The van der Waals surface area contributed by atoms with Crippen molar-refractivity contribution in [2.75, 3.05) is 19.0 Å². The molecule has 0 saturated carbocycles. The highest BCUT2D eigenvalue weighted by molar-refractivity contribution is 6.06. The van der Waals surface area contributed by atoms with Gasteiger partial charge < -0.3 is 10.1 Å². The predicted molar refractivity (Wildman–Crippen MR) is 91.8 cm³/mol. The fourth-order valence-corrected chi connectivity index (χ4v) is 2.85. The van der Waals surface area contributed by atoms with Crippen LogP contribution in [0.5, 0.6) is 5.75 Å². The minimum absolute atomic E-state index is 0.0993. The fraction of sp³-hybridized carbons (Fsp3) is 0.263. The first-order valence-corrected chi connectivity index (χ1v) is 8.06. The lowest BCUT2D eigenvalue weighted by atomic mass is 10.1. The van der Waals surface area contributed by atoms with Crippen molar-refractivity contribution < 1.29 is 18.7 Å². The molecule has 3 rings (SSSR count). The minimum Gasteiger partial charge on any atom is -0.497 e. The fourth-order valence-electron chi connectivity index (χ4n) is 2.85. The van der Waals surface area contributed by atoms with E-state index in [1.54, 1.807) is 49.6 Å². The van der Waals surface area contributed by atoms with E-state index in [-0.39, 0.29) is 30.6 Å². The zero-order valence-electron chi connectivity index (χ0n) is 13.9. The second kappa shape index (κ2) is 7.34. The van der Waals surface area contributed by atoms with Gasteiger partial charge in [0.15, 0.2) is 0 Å². The van der Waals surface area contributed by atoms with E-state index >= 15 is 0 Å². The predicted octanol–water partition coefficient (Wildman–Crippen LogP) is 2.62. The normalized spacial score (nSPS) is 17.0. The van der Waals surface area contributed by atoms with Crippen LogP contribution in [0.3, 0.4) is 0 Å². The van der Waals surface area contributed by atoms with E-state index in [1.807, 2.05) is 0 Å². The molecule has 1 N–H and O–H groups in total. The summed E-state index contributed by atoms with van der Waals surface area (Å²) in [4.78, 5) is 25.8. The van der Waals surface area contributed by atoms with Crippen LogP contribution in [0.1, 0.15) is 12.0 Å². The quantitative estimate of drug-likeness (QED) is 0.820. The highest BCUT2D eigenvalue weighted by atomic mass is 19.1. The Labute approximate surface area is 145 Å².